The van der Waals surface area contributed by atoms with E-state index in [1.807, 2.05) is 0 Å². The van der Waals surface area contributed by atoms with E-state index in [0.29, 0.717) is 0 Å². The molecular formula is C18H23NO. The summed E-state index contributed by atoms with van der Waals surface area (Å²) in [6.07, 6.45) is 8.86. The highest BCUT2D eigenvalue weighted by molar-refractivity contribution is 5.84. The second-order valence-corrected chi connectivity index (χ2v) is 6.34. The average molecular weight is 269 g/mol. The van der Waals surface area contributed by atoms with Crippen molar-refractivity contribution in [1.82, 2.24) is 5.32 Å². The van der Waals surface area contributed by atoms with Crippen molar-refractivity contribution < 1.29 is 4.42 Å². The first-order chi connectivity index (χ1) is 9.85. The van der Waals surface area contributed by atoms with Crippen molar-refractivity contribution in [1.29, 1.82) is 0 Å². The lowest BCUT2D eigenvalue weighted by molar-refractivity contribution is 0.506. The molecule has 4 rings (SSSR count). The molecule has 0 bridgehead atoms. The van der Waals surface area contributed by atoms with Crippen LogP contribution in [0.15, 0.2) is 16.5 Å². The maximum absolute atomic E-state index is 6.17. The Morgan fingerprint density at radius 3 is 2.60 bits per heavy atom. The lowest BCUT2D eigenvalue weighted by Crippen LogP contribution is -2.15. The summed E-state index contributed by atoms with van der Waals surface area (Å²) < 4.78 is 6.17. The van der Waals surface area contributed by atoms with Gasteiger partial charge in [0.2, 0.25) is 0 Å². The van der Waals surface area contributed by atoms with Gasteiger partial charge in [0.1, 0.15) is 11.3 Å². The fourth-order valence-electron chi connectivity index (χ4n) is 3.48. The highest BCUT2D eigenvalue weighted by Crippen LogP contribution is 2.32. The smallest absolute Gasteiger partial charge is 0.134 e. The summed E-state index contributed by atoms with van der Waals surface area (Å²) >= 11 is 0. The molecule has 2 aliphatic carbocycles. The Hall–Kier alpha value is -1.28. The van der Waals surface area contributed by atoms with Gasteiger partial charge < -0.3 is 9.73 Å². The van der Waals surface area contributed by atoms with Gasteiger partial charge in [0.25, 0.3) is 0 Å². The fourth-order valence-corrected chi connectivity index (χ4v) is 3.48. The monoisotopic (exact) mass is 269 g/mol. The number of aryl methyl sites for hydroxylation is 3. The summed E-state index contributed by atoms with van der Waals surface area (Å²) in [7, 11) is 0. The molecule has 2 aliphatic rings. The topological polar surface area (TPSA) is 25.2 Å². The molecule has 0 atom stereocenters. The highest BCUT2D eigenvalue weighted by atomic mass is 16.3. The number of hydrogen-bond donors (Lipinski definition) is 1. The van der Waals surface area contributed by atoms with Crippen molar-refractivity contribution in [3.05, 3.63) is 34.6 Å². The van der Waals surface area contributed by atoms with Gasteiger partial charge in [0, 0.05) is 17.0 Å². The molecule has 0 unspecified atom stereocenters. The minimum Gasteiger partial charge on any atom is -0.459 e. The molecule has 0 amide bonds. The molecule has 0 aliphatic heterocycles. The molecule has 2 nitrogen and oxygen atoms in total. The van der Waals surface area contributed by atoms with Crippen LogP contribution in [0.25, 0.3) is 11.0 Å². The van der Waals surface area contributed by atoms with Gasteiger partial charge in [0.15, 0.2) is 0 Å². The molecule has 1 fully saturated rings. The Balaban J connectivity index is 1.75. The quantitative estimate of drug-likeness (QED) is 0.903. The van der Waals surface area contributed by atoms with Gasteiger partial charge in [-0.15, -0.1) is 0 Å². The molecule has 106 valence electrons. The summed E-state index contributed by atoms with van der Waals surface area (Å²) in [6.45, 7) is 3.14. The number of hydrogen-bond acceptors (Lipinski definition) is 2. The molecule has 2 aromatic rings. The molecule has 0 radical (unpaired) electrons. The van der Waals surface area contributed by atoms with Gasteiger partial charge in [-0.1, -0.05) is 6.92 Å². The molecule has 2 heteroatoms. The zero-order valence-corrected chi connectivity index (χ0v) is 12.3. The zero-order valence-electron chi connectivity index (χ0n) is 12.3. The third-order valence-corrected chi connectivity index (χ3v) is 4.82. The number of rotatable bonds is 4. The van der Waals surface area contributed by atoms with E-state index in [1.165, 1.54) is 55.0 Å². The molecule has 20 heavy (non-hydrogen) atoms. The van der Waals surface area contributed by atoms with Gasteiger partial charge in [-0.05, 0) is 68.2 Å². The molecule has 1 aromatic heterocycles. The van der Waals surface area contributed by atoms with Crippen LogP contribution < -0.4 is 5.32 Å². The SMILES string of the molecule is CCc1c(CNC2CC2)oc2cc3c(cc12)CCCC3. The molecule has 1 N–H and O–H groups in total. The van der Waals surface area contributed by atoms with Gasteiger partial charge in [0.05, 0.1) is 6.54 Å². The Morgan fingerprint density at radius 1 is 1.15 bits per heavy atom. The molecule has 1 saturated carbocycles. The third-order valence-electron chi connectivity index (χ3n) is 4.82. The van der Waals surface area contributed by atoms with Crippen molar-refractivity contribution in [2.24, 2.45) is 0 Å². The number of furan rings is 1. The third kappa shape index (κ3) is 2.16. The summed E-state index contributed by atoms with van der Waals surface area (Å²) in [5, 5.41) is 4.95. The molecular weight excluding hydrogens is 246 g/mol. The van der Waals surface area contributed by atoms with E-state index in [9.17, 15) is 0 Å². The molecule has 1 heterocycles. The molecule has 0 spiro atoms. The van der Waals surface area contributed by atoms with E-state index in [-0.39, 0.29) is 0 Å². The normalized spacial score (nSPS) is 18.4. The molecule has 0 saturated heterocycles. The zero-order chi connectivity index (χ0) is 13.5. The largest absolute Gasteiger partial charge is 0.459 e. The van der Waals surface area contributed by atoms with Crippen molar-refractivity contribution >= 4 is 11.0 Å². The Labute approximate surface area is 120 Å². The van der Waals surface area contributed by atoms with Crippen LogP contribution in [-0.2, 0) is 25.8 Å². The first-order valence-electron chi connectivity index (χ1n) is 8.14. The lowest BCUT2D eigenvalue weighted by Gasteiger charge is -2.15. The Kier molecular flexibility index (Phi) is 3.07. The predicted octanol–water partition coefficient (Wildman–Crippen LogP) is 4.13. The highest BCUT2D eigenvalue weighted by Gasteiger charge is 2.22. The van der Waals surface area contributed by atoms with Gasteiger partial charge in [-0.2, -0.15) is 0 Å². The van der Waals surface area contributed by atoms with Crippen LogP contribution >= 0.6 is 0 Å². The van der Waals surface area contributed by atoms with Crippen molar-refractivity contribution in [2.75, 3.05) is 0 Å². The van der Waals surface area contributed by atoms with Crippen LogP contribution in [0.3, 0.4) is 0 Å². The standard InChI is InChI=1S/C18H23NO/c1-2-15-16-9-12-5-3-4-6-13(12)10-17(16)20-18(15)11-19-14-7-8-14/h9-10,14,19H,2-8,11H2,1H3. The van der Waals surface area contributed by atoms with Crippen LogP contribution in [0.1, 0.15) is 55.1 Å². The van der Waals surface area contributed by atoms with Crippen LogP contribution in [-0.4, -0.2) is 6.04 Å². The summed E-state index contributed by atoms with van der Waals surface area (Å²) in [6, 6.07) is 5.46. The van der Waals surface area contributed by atoms with E-state index >= 15 is 0 Å². The predicted molar refractivity (Wildman–Crippen MR) is 82.1 cm³/mol. The van der Waals surface area contributed by atoms with Gasteiger partial charge >= 0.3 is 0 Å². The molecule has 1 aromatic carbocycles. The van der Waals surface area contributed by atoms with E-state index in [1.54, 1.807) is 5.56 Å². The van der Waals surface area contributed by atoms with Gasteiger partial charge in [-0.25, -0.2) is 0 Å². The number of benzene rings is 1. The summed E-state index contributed by atoms with van der Waals surface area (Å²) in [5.74, 6) is 1.16. The second kappa shape index (κ2) is 4.92. The Bertz CT molecular complexity index is 636. The van der Waals surface area contributed by atoms with E-state index < -0.39 is 0 Å². The van der Waals surface area contributed by atoms with Crippen LogP contribution in [0, 0.1) is 0 Å². The minimum absolute atomic E-state index is 0.737. The van der Waals surface area contributed by atoms with E-state index in [2.05, 4.69) is 24.4 Å². The first-order valence-corrected chi connectivity index (χ1v) is 8.14. The minimum atomic E-state index is 0.737. The van der Waals surface area contributed by atoms with E-state index in [0.717, 1.165) is 30.4 Å². The van der Waals surface area contributed by atoms with Crippen molar-refractivity contribution in [2.45, 2.75) is 64.5 Å². The first kappa shape index (κ1) is 12.5. The van der Waals surface area contributed by atoms with E-state index in [4.69, 9.17) is 4.42 Å². The van der Waals surface area contributed by atoms with Crippen LogP contribution in [0.2, 0.25) is 0 Å². The van der Waals surface area contributed by atoms with Crippen molar-refractivity contribution in [3.8, 4) is 0 Å². The summed E-state index contributed by atoms with van der Waals surface area (Å²) in [5.41, 5.74) is 5.60. The number of fused-ring (bicyclic) bond motifs is 2. The maximum atomic E-state index is 6.17. The summed E-state index contributed by atoms with van der Waals surface area (Å²) in [4.78, 5) is 0. The Morgan fingerprint density at radius 2 is 1.90 bits per heavy atom. The van der Waals surface area contributed by atoms with Crippen molar-refractivity contribution in [3.63, 3.8) is 0 Å². The maximum Gasteiger partial charge on any atom is 0.134 e. The van der Waals surface area contributed by atoms with Gasteiger partial charge in [-0.3, -0.25) is 0 Å². The number of nitrogens with one attached hydrogen (secondary N) is 1. The van der Waals surface area contributed by atoms with Crippen LogP contribution in [0.5, 0.6) is 0 Å². The van der Waals surface area contributed by atoms with Crippen LogP contribution in [0.4, 0.5) is 0 Å². The lowest BCUT2D eigenvalue weighted by atomic mass is 9.90. The average Bonchev–Trinajstić information content (AvgIpc) is 3.24. The second-order valence-electron chi connectivity index (χ2n) is 6.34. The fraction of sp³-hybridized carbons (Fsp3) is 0.556.